The van der Waals surface area contributed by atoms with Gasteiger partial charge in [-0.3, -0.25) is 9.59 Å². The monoisotopic (exact) mass is 611 g/mol. The molecule has 5 heteroatoms. The zero-order valence-corrected chi connectivity index (χ0v) is 29.3. The van der Waals surface area contributed by atoms with E-state index in [0.29, 0.717) is 12.8 Å². The highest BCUT2D eigenvalue weighted by Gasteiger charge is 2.12. The molecule has 0 saturated carbocycles. The lowest BCUT2D eigenvalue weighted by Crippen LogP contribution is -2.25. The van der Waals surface area contributed by atoms with Crippen molar-refractivity contribution in [1.29, 1.82) is 0 Å². The standard InChI is InChI=1S/C38H74O5/c1-34(2)28-24-20-16-12-10-8-6-5-7-9-11-13-18-22-26-30-37(40)42-32-36(39)33-43-38(41)31-27-23-19-15-14-17-21-25-29-35(3)4/h34-36,39H,5-33H2,1-4H3/t36-/m0/s1. The first-order chi connectivity index (χ1) is 20.8. The average molecular weight is 611 g/mol. The summed E-state index contributed by atoms with van der Waals surface area (Å²) in [5.41, 5.74) is 0. The van der Waals surface area contributed by atoms with Gasteiger partial charge in [0, 0.05) is 12.8 Å². The van der Waals surface area contributed by atoms with E-state index in [9.17, 15) is 14.7 Å². The molecule has 0 radical (unpaired) electrons. The van der Waals surface area contributed by atoms with Crippen molar-refractivity contribution < 1.29 is 24.2 Å². The molecule has 1 atom stereocenters. The Morgan fingerprint density at radius 1 is 0.419 bits per heavy atom. The number of hydrogen-bond acceptors (Lipinski definition) is 5. The van der Waals surface area contributed by atoms with Gasteiger partial charge in [0.1, 0.15) is 19.3 Å². The molecule has 0 spiro atoms. The highest BCUT2D eigenvalue weighted by atomic mass is 16.6. The van der Waals surface area contributed by atoms with Gasteiger partial charge in [0.2, 0.25) is 0 Å². The summed E-state index contributed by atoms with van der Waals surface area (Å²) in [4.78, 5) is 23.8. The Balaban J connectivity index is 3.38. The second kappa shape index (κ2) is 32.3. The van der Waals surface area contributed by atoms with E-state index in [0.717, 1.165) is 43.9 Å². The molecule has 43 heavy (non-hydrogen) atoms. The Morgan fingerprint density at radius 3 is 0.907 bits per heavy atom. The number of aliphatic hydroxyl groups excluding tert-OH is 1. The Hall–Kier alpha value is -1.10. The van der Waals surface area contributed by atoms with Gasteiger partial charge in [-0.05, 0) is 24.7 Å². The predicted octanol–water partition coefficient (Wildman–Crippen LogP) is 11.3. The molecule has 0 aliphatic heterocycles. The maximum atomic E-state index is 11.9. The molecule has 0 aromatic rings. The second-order valence-corrected chi connectivity index (χ2v) is 14.0. The molecule has 0 fully saturated rings. The number of esters is 2. The maximum Gasteiger partial charge on any atom is 0.305 e. The quantitative estimate of drug-likeness (QED) is 0.0591. The average Bonchev–Trinajstić information content (AvgIpc) is 2.97. The minimum Gasteiger partial charge on any atom is -0.463 e. The van der Waals surface area contributed by atoms with Gasteiger partial charge in [-0.2, -0.15) is 0 Å². The van der Waals surface area contributed by atoms with Crippen LogP contribution in [-0.2, 0) is 19.1 Å². The minimum absolute atomic E-state index is 0.110. The van der Waals surface area contributed by atoms with Crippen LogP contribution in [0.4, 0.5) is 0 Å². The van der Waals surface area contributed by atoms with Crippen LogP contribution in [0, 0.1) is 11.8 Å². The zero-order valence-electron chi connectivity index (χ0n) is 29.3. The fourth-order valence-electron chi connectivity index (χ4n) is 5.57. The summed E-state index contributed by atoms with van der Waals surface area (Å²) in [7, 11) is 0. The van der Waals surface area contributed by atoms with Crippen LogP contribution in [0.3, 0.4) is 0 Å². The van der Waals surface area contributed by atoms with Gasteiger partial charge in [-0.15, -0.1) is 0 Å². The zero-order chi connectivity index (χ0) is 31.8. The first kappa shape index (κ1) is 41.9. The van der Waals surface area contributed by atoms with Crippen molar-refractivity contribution in [2.24, 2.45) is 11.8 Å². The van der Waals surface area contributed by atoms with Crippen molar-refractivity contribution in [3.8, 4) is 0 Å². The van der Waals surface area contributed by atoms with Gasteiger partial charge in [-0.25, -0.2) is 0 Å². The first-order valence-corrected chi connectivity index (χ1v) is 18.8. The molecular formula is C38H74O5. The van der Waals surface area contributed by atoms with E-state index < -0.39 is 6.10 Å². The van der Waals surface area contributed by atoms with E-state index in [1.54, 1.807) is 0 Å². The van der Waals surface area contributed by atoms with Crippen LogP contribution in [0.1, 0.15) is 201 Å². The Labute approximate surface area is 268 Å². The lowest BCUT2D eigenvalue weighted by Gasteiger charge is -2.12. The van der Waals surface area contributed by atoms with Crippen LogP contribution >= 0.6 is 0 Å². The van der Waals surface area contributed by atoms with E-state index in [4.69, 9.17) is 9.47 Å². The lowest BCUT2D eigenvalue weighted by molar-refractivity contribution is -0.152. The molecule has 0 saturated heterocycles. The summed E-state index contributed by atoms with van der Waals surface area (Å²) in [6.07, 6.45) is 31.6. The number of carbonyl (C=O) groups is 2. The largest absolute Gasteiger partial charge is 0.463 e. The van der Waals surface area contributed by atoms with Crippen LogP contribution in [-0.4, -0.2) is 36.4 Å². The second-order valence-electron chi connectivity index (χ2n) is 14.0. The summed E-state index contributed by atoms with van der Waals surface area (Å²) in [5.74, 6) is 1.11. The number of ether oxygens (including phenoxy) is 2. The first-order valence-electron chi connectivity index (χ1n) is 18.8. The Morgan fingerprint density at radius 2 is 0.651 bits per heavy atom. The van der Waals surface area contributed by atoms with Crippen LogP contribution in [0.15, 0.2) is 0 Å². The third kappa shape index (κ3) is 35.3. The molecule has 0 aliphatic rings. The normalized spacial score (nSPS) is 12.3. The van der Waals surface area contributed by atoms with Crippen molar-refractivity contribution >= 4 is 11.9 Å². The summed E-state index contributed by atoms with van der Waals surface area (Å²) in [6.45, 7) is 8.98. The van der Waals surface area contributed by atoms with Crippen molar-refractivity contribution in [2.45, 2.75) is 207 Å². The molecule has 0 aliphatic carbocycles. The third-order valence-corrected chi connectivity index (χ3v) is 8.45. The van der Waals surface area contributed by atoms with E-state index in [-0.39, 0.29) is 25.2 Å². The summed E-state index contributed by atoms with van der Waals surface area (Å²) < 4.78 is 10.3. The van der Waals surface area contributed by atoms with Gasteiger partial charge in [0.15, 0.2) is 0 Å². The summed E-state index contributed by atoms with van der Waals surface area (Å²) >= 11 is 0. The van der Waals surface area contributed by atoms with Crippen LogP contribution in [0.5, 0.6) is 0 Å². The molecule has 0 aromatic carbocycles. The number of aliphatic hydroxyl groups is 1. The molecule has 0 bridgehead atoms. The number of unbranched alkanes of at least 4 members (excludes halogenated alkanes) is 21. The molecule has 0 unspecified atom stereocenters. The topological polar surface area (TPSA) is 72.8 Å². The van der Waals surface area contributed by atoms with E-state index >= 15 is 0 Å². The van der Waals surface area contributed by atoms with Gasteiger partial charge >= 0.3 is 11.9 Å². The number of rotatable bonds is 33. The Kier molecular flexibility index (Phi) is 31.5. The minimum atomic E-state index is -0.955. The van der Waals surface area contributed by atoms with Gasteiger partial charge in [-0.1, -0.05) is 175 Å². The van der Waals surface area contributed by atoms with Crippen LogP contribution in [0.2, 0.25) is 0 Å². The molecule has 256 valence electrons. The molecule has 0 amide bonds. The fraction of sp³-hybridized carbons (Fsp3) is 0.947. The number of hydrogen-bond donors (Lipinski definition) is 1. The molecular weight excluding hydrogens is 536 g/mol. The number of carbonyl (C=O) groups excluding carboxylic acids is 2. The van der Waals surface area contributed by atoms with Crippen molar-refractivity contribution in [3.05, 3.63) is 0 Å². The summed E-state index contributed by atoms with van der Waals surface area (Å²) in [5, 5.41) is 9.98. The van der Waals surface area contributed by atoms with Gasteiger partial charge < -0.3 is 14.6 Å². The molecule has 1 N–H and O–H groups in total. The van der Waals surface area contributed by atoms with Crippen molar-refractivity contribution in [3.63, 3.8) is 0 Å². The Bertz CT molecular complexity index is 603. The molecule has 5 nitrogen and oxygen atoms in total. The van der Waals surface area contributed by atoms with Gasteiger partial charge in [0.25, 0.3) is 0 Å². The van der Waals surface area contributed by atoms with Crippen LogP contribution < -0.4 is 0 Å². The highest BCUT2D eigenvalue weighted by Crippen LogP contribution is 2.16. The highest BCUT2D eigenvalue weighted by molar-refractivity contribution is 5.69. The van der Waals surface area contributed by atoms with E-state index in [1.807, 2.05) is 0 Å². The summed E-state index contributed by atoms with van der Waals surface area (Å²) in [6, 6.07) is 0. The maximum absolute atomic E-state index is 11.9. The lowest BCUT2D eigenvalue weighted by atomic mass is 10.0. The third-order valence-electron chi connectivity index (χ3n) is 8.45. The van der Waals surface area contributed by atoms with Crippen molar-refractivity contribution in [2.75, 3.05) is 13.2 Å². The van der Waals surface area contributed by atoms with Crippen molar-refractivity contribution in [1.82, 2.24) is 0 Å². The molecule has 0 rings (SSSR count). The molecule has 0 heterocycles. The predicted molar refractivity (Wildman–Crippen MR) is 182 cm³/mol. The van der Waals surface area contributed by atoms with E-state index in [1.165, 1.54) is 128 Å². The van der Waals surface area contributed by atoms with E-state index in [2.05, 4.69) is 27.7 Å². The smallest absolute Gasteiger partial charge is 0.305 e. The molecule has 0 aromatic heterocycles. The SMILES string of the molecule is CC(C)CCCCCCCCCCCCCCCCCC(=O)OC[C@H](O)COC(=O)CCCCCCCCCCC(C)C. The van der Waals surface area contributed by atoms with Crippen LogP contribution in [0.25, 0.3) is 0 Å². The van der Waals surface area contributed by atoms with Gasteiger partial charge in [0.05, 0.1) is 0 Å². The fourth-order valence-corrected chi connectivity index (χ4v) is 5.57.